The molecular formula is C17H37NO3. The lowest BCUT2D eigenvalue weighted by atomic mass is 9.95. The number of aliphatic hydroxyl groups is 2. The van der Waals surface area contributed by atoms with E-state index in [2.05, 4.69) is 6.92 Å². The topological polar surface area (TPSA) is 75.7 Å². The fourth-order valence-electron chi connectivity index (χ4n) is 2.33. The summed E-state index contributed by atoms with van der Waals surface area (Å²) >= 11 is 0. The van der Waals surface area contributed by atoms with Crippen molar-refractivity contribution in [2.75, 3.05) is 26.4 Å². The van der Waals surface area contributed by atoms with Gasteiger partial charge in [0.05, 0.1) is 18.8 Å². The molecule has 4 N–H and O–H groups in total. The number of aliphatic hydroxyl groups excluding tert-OH is 2. The van der Waals surface area contributed by atoms with Crippen LogP contribution in [0.2, 0.25) is 0 Å². The van der Waals surface area contributed by atoms with Crippen LogP contribution in [0.25, 0.3) is 0 Å². The summed E-state index contributed by atoms with van der Waals surface area (Å²) in [4.78, 5) is 0. The first kappa shape index (κ1) is 20.8. The SMILES string of the molecule is CCCCCOCCCCCCCCCC(N)(CO)CO. The second kappa shape index (κ2) is 14.8. The van der Waals surface area contributed by atoms with Gasteiger partial charge in [0, 0.05) is 13.2 Å². The Morgan fingerprint density at radius 2 is 1.24 bits per heavy atom. The first-order valence-corrected chi connectivity index (χ1v) is 8.77. The predicted molar refractivity (Wildman–Crippen MR) is 88.4 cm³/mol. The maximum atomic E-state index is 9.08. The summed E-state index contributed by atoms with van der Waals surface area (Å²) in [6.07, 6.45) is 12.7. The van der Waals surface area contributed by atoms with Gasteiger partial charge in [-0.25, -0.2) is 0 Å². The van der Waals surface area contributed by atoms with Crippen molar-refractivity contribution in [2.24, 2.45) is 5.73 Å². The largest absolute Gasteiger partial charge is 0.394 e. The fourth-order valence-corrected chi connectivity index (χ4v) is 2.33. The zero-order valence-electron chi connectivity index (χ0n) is 14.0. The summed E-state index contributed by atoms with van der Waals surface area (Å²) in [5.74, 6) is 0. The second-order valence-corrected chi connectivity index (χ2v) is 6.22. The van der Waals surface area contributed by atoms with E-state index < -0.39 is 5.54 Å². The molecule has 0 amide bonds. The monoisotopic (exact) mass is 303 g/mol. The summed E-state index contributed by atoms with van der Waals surface area (Å²) in [7, 11) is 0. The maximum absolute atomic E-state index is 9.08. The molecule has 0 fully saturated rings. The summed E-state index contributed by atoms with van der Waals surface area (Å²) in [5.41, 5.74) is 5.04. The van der Waals surface area contributed by atoms with Crippen molar-refractivity contribution in [1.29, 1.82) is 0 Å². The highest BCUT2D eigenvalue weighted by atomic mass is 16.5. The summed E-state index contributed by atoms with van der Waals surface area (Å²) in [6.45, 7) is 3.77. The van der Waals surface area contributed by atoms with Gasteiger partial charge in [-0.05, 0) is 19.3 Å². The lowest BCUT2D eigenvalue weighted by Crippen LogP contribution is -2.47. The quantitative estimate of drug-likeness (QED) is 0.383. The van der Waals surface area contributed by atoms with Gasteiger partial charge in [-0.1, -0.05) is 58.3 Å². The van der Waals surface area contributed by atoms with Gasteiger partial charge in [0.1, 0.15) is 0 Å². The summed E-state index contributed by atoms with van der Waals surface area (Å²) in [6, 6.07) is 0. The van der Waals surface area contributed by atoms with E-state index >= 15 is 0 Å². The Bertz CT molecular complexity index is 208. The van der Waals surface area contributed by atoms with Gasteiger partial charge in [-0.2, -0.15) is 0 Å². The first-order chi connectivity index (χ1) is 10.2. The molecular weight excluding hydrogens is 266 g/mol. The highest BCUT2D eigenvalue weighted by Crippen LogP contribution is 2.14. The molecule has 0 aromatic heterocycles. The molecule has 0 heterocycles. The minimum atomic E-state index is -0.783. The average Bonchev–Trinajstić information content (AvgIpc) is 2.51. The van der Waals surface area contributed by atoms with E-state index in [4.69, 9.17) is 20.7 Å². The Labute approximate surface area is 131 Å². The van der Waals surface area contributed by atoms with Crippen molar-refractivity contribution < 1.29 is 14.9 Å². The second-order valence-electron chi connectivity index (χ2n) is 6.22. The van der Waals surface area contributed by atoms with Gasteiger partial charge in [0.25, 0.3) is 0 Å². The molecule has 0 aliphatic heterocycles. The van der Waals surface area contributed by atoms with Crippen molar-refractivity contribution in [1.82, 2.24) is 0 Å². The molecule has 0 aliphatic rings. The van der Waals surface area contributed by atoms with Gasteiger partial charge in [0.2, 0.25) is 0 Å². The smallest absolute Gasteiger partial charge is 0.0633 e. The molecule has 0 rings (SSSR count). The number of hydrogen-bond acceptors (Lipinski definition) is 4. The van der Waals surface area contributed by atoms with Crippen LogP contribution in [-0.2, 0) is 4.74 Å². The molecule has 0 aromatic rings. The van der Waals surface area contributed by atoms with Crippen molar-refractivity contribution in [2.45, 2.75) is 83.1 Å². The molecule has 4 nitrogen and oxygen atoms in total. The van der Waals surface area contributed by atoms with Gasteiger partial charge >= 0.3 is 0 Å². The molecule has 128 valence electrons. The van der Waals surface area contributed by atoms with Crippen LogP contribution in [-0.4, -0.2) is 42.2 Å². The Balaban J connectivity index is 3.16. The van der Waals surface area contributed by atoms with E-state index in [0.29, 0.717) is 6.42 Å². The lowest BCUT2D eigenvalue weighted by molar-refractivity contribution is 0.112. The number of unbranched alkanes of at least 4 members (excludes halogenated alkanes) is 8. The Morgan fingerprint density at radius 3 is 1.76 bits per heavy atom. The number of nitrogens with two attached hydrogens (primary N) is 1. The third-order valence-electron chi connectivity index (χ3n) is 3.99. The fraction of sp³-hybridized carbons (Fsp3) is 1.00. The molecule has 0 saturated heterocycles. The van der Waals surface area contributed by atoms with E-state index in [9.17, 15) is 0 Å². The standard InChI is InChI=1S/C17H37NO3/c1-2-3-10-13-21-14-11-8-6-4-5-7-9-12-17(18,15-19)16-20/h19-20H,2-16,18H2,1H3. The molecule has 0 bridgehead atoms. The van der Waals surface area contributed by atoms with E-state index in [-0.39, 0.29) is 13.2 Å². The van der Waals surface area contributed by atoms with E-state index in [1.807, 2.05) is 0 Å². The molecule has 0 spiro atoms. The van der Waals surface area contributed by atoms with Gasteiger partial charge in [0.15, 0.2) is 0 Å². The Morgan fingerprint density at radius 1 is 0.762 bits per heavy atom. The van der Waals surface area contributed by atoms with Crippen molar-refractivity contribution in [3.63, 3.8) is 0 Å². The Kier molecular flexibility index (Phi) is 14.7. The van der Waals surface area contributed by atoms with Crippen molar-refractivity contribution >= 4 is 0 Å². The van der Waals surface area contributed by atoms with Gasteiger partial charge in [-0.15, -0.1) is 0 Å². The highest BCUT2D eigenvalue weighted by molar-refractivity contribution is 4.81. The highest BCUT2D eigenvalue weighted by Gasteiger charge is 2.21. The minimum absolute atomic E-state index is 0.137. The Hall–Kier alpha value is -0.160. The van der Waals surface area contributed by atoms with Crippen LogP contribution in [0.4, 0.5) is 0 Å². The van der Waals surface area contributed by atoms with E-state index in [1.54, 1.807) is 0 Å². The normalized spacial score (nSPS) is 12.0. The third-order valence-corrected chi connectivity index (χ3v) is 3.99. The third kappa shape index (κ3) is 13.2. The van der Waals surface area contributed by atoms with Gasteiger partial charge in [-0.3, -0.25) is 0 Å². The van der Waals surface area contributed by atoms with E-state index in [1.165, 1.54) is 51.4 Å². The van der Waals surface area contributed by atoms with E-state index in [0.717, 1.165) is 26.1 Å². The lowest BCUT2D eigenvalue weighted by Gasteiger charge is -2.24. The predicted octanol–water partition coefficient (Wildman–Crippen LogP) is 3.00. The minimum Gasteiger partial charge on any atom is -0.394 e. The molecule has 21 heavy (non-hydrogen) atoms. The van der Waals surface area contributed by atoms with Crippen LogP contribution in [0.15, 0.2) is 0 Å². The first-order valence-electron chi connectivity index (χ1n) is 8.77. The molecule has 0 saturated carbocycles. The average molecular weight is 303 g/mol. The number of rotatable bonds is 16. The summed E-state index contributed by atoms with van der Waals surface area (Å²) < 4.78 is 5.58. The van der Waals surface area contributed by atoms with Crippen molar-refractivity contribution in [3.8, 4) is 0 Å². The van der Waals surface area contributed by atoms with Crippen LogP contribution < -0.4 is 5.73 Å². The van der Waals surface area contributed by atoms with Gasteiger partial charge < -0.3 is 20.7 Å². The molecule has 0 aliphatic carbocycles. The molecule has 0 aromatic carbocycles. The molecule has 0 radical (unpaired) electrons. The van der Waals surface area contributed by atoms with Crippen LogP contribution in [0.1, 0.15) is 77.6 Å². The van der Waals surface area contributed by atoms with Crippen LogP contribution in [0, 0.1) is 0 Å². The van der Waals surface area contributed by atoms with Crippen LogP contribution in [0.5, 0.6) is 0 Å². The van der Waals surface area contributed by atoms with Crippen LogP contribution in [0.3, 0.4) is 0 Å². The van der Waals surface area contributed by atoms with Crippen LogP contribution >= 0.6 is 0 Å². The maximum Gasteiger partial charge on any atom is 0.0633 e. The number of hydrogen-bond donors (Lipinski definition) is 3. The molecule has 4 heteroatoms. The van der Waals surface area contributed by atoms with Crippen molar-refractivity contribution in [3.05, 3.63) is 0 Å². The number of ether oxygens (including phenoxy) is 1. The zero-order valence-corrected chi connectivity index (χ0v) is 14.0. The summed E-state index contributed by atoms with van der Waals surface area (Å²) in [5, 5.41) is 18.2. The molecule has 0 atom stereocenters. The zero-order chi connectivity index (χ0) is 15.8. The molecule has 0 unspecified atom stereocenters.